The summed E-state index contributed by atoms with van der Waals surface area (Å²) in [5.41, 5.74) is 1.12. The van der Waals surface area contributed by atoms with Crippen LogP contribution in [0.15, 0.2) is 0 Å². The number of nitrogens with zero attached hydrogens (tertiary/aromatic N) is 3. The Labute approximate surface area is 128 Å². The molecule has 1 N–H and O–H groups in total. The first-order chi connectivity index (χ1) is 9.26. The molecule has 0 unspecified atom stereocenters. The van der Waals surface area contributed by atoms with E-state index < -0.39 is 0 Å². The molecule has 0 bridgehead atoms. The van der Waals surface area contributed by atoms with Crippen LogP contribution in [0.25, 0.3) is 0 Å². The molecule has 0 spiro atoms. The zero-order chi connectivity index (χ0) is 13.7. The number of ether oxygens (including phenoxy) is 1. The molecule has 2 heterocycles. The summed E-state index contributed by atoms with van der Waals surface area (Å²) in [6, 6.07) is 0. The molecule has 0 aliphatic carbocycles. The molecule has 0 aromatic carbocycles. The SMILES string of the molecule is CCCNc1nc(N2CCOCC2)nc(CC)c1I. The van der Waals surface area contributed by atoms with Crippen LogP contribution in [-0.2, 0) is 11.2 Å². The van der Waals surface area contributed by atoms with Gasteiger partial charge in [0.15, 0.2) is 0 Å². The van der Waals surface area contributed by atoms with E-state index in [0.29, 0.717) is 0 Å². The lowest BCUT2D eigenvalue weighted by atomic mass is 10.3. The highest BCUT2D eigenvalue weighted by Gasteiger charge is 2.17. The highest BCUT2D eigenvalue weighted by molar-refractivity contribution is 14.1. The number of hydrogen-bond donors (Lipinski definition) is 1. The predicted molar refractivity (Wildman–Crippen MR) is 85.9 cm³/mol. The van der Waals surface area contributed by atoms with Crippen molar-refractivity contribution in [3.8, 4) is 0 Å². The van der Waals surface area contributed by atoms with Gasteiger partial charge in [0.2, 0.25) is 5.95 Å². The summed E-state index contributed by atoms with van der Waals surface area (Å²) in [6.45, 7) is 8.50. The van der Waals surface area contributed by atoms with Crippen molar-refractivity contribution in [2.75, 3.05) is 43.1 Å². The summed E-state index contributed by atoms with van der Waals surface area (Å²) in [7, 11) is 0. The number of morpholine rings is 1. The number of aromatic nitrogens is 2. The topological polar surface area (TPSA) is 50.3 Å². The summed E-state index contributed by atoms with van der Waals surface area (Å²) < 4.78 is 6.53. The largest absolute Gasteiger partial charge is 0.378 e. The Hall–Kier alpha value is -0.630. The maximum absolute atomic E-state index is 5.38. The molecule has 0 amide bonds. The molecular weight excluding hydrogens is 355 g/mol. The fourth-order valence-corrected chi connectivity index (χ4v) is 2.79. The number of aryl methyl sites for hydroxylation is 1. The minimum Gasteiger partial charge on any atom is -0.378 e. The van der Waals surface area contributed by atoms with Crippen molar-refractivity contribution in [1.82, 2.24) is 9.97 Å². The first kappa shape index (κ1) is 14.8. The van der Waals surface area contributed by atoms with Gasteiger partial charge in [-0.2, -0.15) is 4.98 Å². The van der Waals surface area contributed by atoms with E-state index in [1.807, 2.05) is 0 Å². The molecule has 5 nitrogen and oxygen atoms in total. The number of halogens is 1. The van der Waals surface area contributed by atoms with E-state index >= 15 is 0 Å². The van der Waals surface area contributed by atoms with Crippen LogP contribution in [0.3, 0.4) is 0 Å². The molecule has 1 fully saturated rings. The number of hydrogen-bond acceptors (Lipinski definition) is 5. The van der Waals surface area contributed by atoms with Crippen molar-refractivity contribution in [2.45, 2.75) is 26.7 Å². The number of nitrogens with one attached hydrogen (secondary N) is 1. The summed E-state index contributed by atoms with van der Waals surface area (Å²) in [6.07, 6.45) is 2.02. The molecule has 2 rings (SSSR count). The zero-order valence-electron chi connectivity index (χ0n) is 11.6. The van der Waals surface area contributed by atoms with Crippen LogP contribution in [0.2, 0.25) is 0 Å². The molecule has 1 aromatic rings. The Kier molecular flexibility index (Phi) is 5.62. The van der Waals surface area contributed by atoms with Gasteiger partial charge in [0.1, 0.15) is 5.82 Å². The molecule has 1 aliphatic heterocycles. The monoisotopic (exact) mass is 376 g/mol. The average molecular weight is 376 g/mol. The predicted octanol–water partition coefficient (Wildman–Crippen LogP) is 2.30. The summed E-state index contributed by atoms with van der Waals surface area (Å²) >= 11 is 2.34. The Bertz CT molecular complexity index is 421. The van der Waals surface area contributed by atoms with Crippen LogP contribution in [0.5, 0.6) is 0 Å². The second kappa shape index (κ2) is 7.23. The molecule has 1 saturated heterocycles. The maximum atomic E-state index is 5.38. The Balaban J connectivity index is 2.26. The van der Waals surface area contributed by atoms with E-state index in [0.717, 1.165) is 66.7 Å². The van der Waals surface area contributed by atoms with E-state index in [1.54, 1.807) is 0 Å². The third kappa shape index (κ3) is 3.68. The van der Waals surface area contributed by atoms with Crippen molar-refractivity contribution < 1.29 is 4.74 Å². The first-order valence-electron chi connectivity index (χ1n) is 6.89. The van der Waals surface area contributed by atoms with Gasteiger partial charge in [0.25, 0.3) is 0 Å². The minimum atomic E-state index is 0.758. The van der Waals surface area contributed by atoms with Gasteiger partial charge in [-0.05, 0) is 35.4 Å². The number of rotatable bonds is 5. The van der Waals surface area contributed by atoms with Gasteiger partial charge in [-0.15, -0.1) is 0 Å². The van der Waals surface area contributed by atoms with E-state index in [-0.39, 0.29) is 0 Å². The molecule has 106 valence electrons. The van der Waals surface area contributed by atoms with Crippen molar-refractivity contribution in [1.29, 1.82) is 0 Å². The fourth-order valence-electron chi connectivity index (χ4n) is 1.98. The molecule has 0 saturated carbocycles. The van der Waals surface area contributed by atoms with Gasteiger partial charge in [0, 0.05) is 19.6 Å². The molecule has 0 atom stereocenters. The molecule has 0 radical (unpaired) electrons. The smallest absolute Gasteiger partial charge is 0.227 e. The summed E-state index contributed by atoms with van der Waals surface area (Å²) in [5.74, 6) is 1.80. The average Bonchev–Trinajstić information content (AvgIpc) is 2.47. The highest BCUT2D eigenvalue weighted by Crippen LogP contribution is 2.23. The Morgan fingerprint density at radius 3 is 2.63 bits per heavy atom. The van der Waals surface area contributed by atoms with E-state index in [9.17, 15) is 0 Å². The number of anilines is 2. The fraction of sp³-hybridized carbons (Fsp3) is 0.692. The van der Waals surface area contributed by atoms with Crippen LogP contribution in [0.1, 0.15) is 26.0 Å². The second-order valence-electron chi connectivity index (χ2n) is 4.51. The molecule has 1 aliphatic rings. The van der Waals surface area contributed by atoms with E-state index in [2.05, 4.69) is 51.6 Å². The van der Waals surface area contributed by atoms with Gasteiger partial charge >= 0.3 is 0 Å². The zero-order valence-corrected chi connectivity index (χ0v) is 13.7. The molecule has 19 heavy (non-hydrogen) atoms. The van der Waals surface area contributed by atoms with Crippen molar-refractivity contribution in [2.24, 2.45) is 0 Å². The van der Waals surface area contributed by atoms with Crippen molar-refractivity contribution >= 4 is 34.4 Å². The van der Waals surface area contributed by atoms with Gasteiger partial charge in [-0.1, -0.05) is 13.8 Å². The third-order valence-corrected chi connectivity index (χ3v) is 4.21. The molecule has 1 aromatic heterocycles. The van der Waals surface area contributed by atoms with E-state index in [4.69, 9.17) is 9.72 Å². The lowest BCUT2D eigenvalue weighted by Crippen LogP contribution is -2.37. The van der Waals surface area contributed by atoms with Crippen LogP contribution >= 0.6 is 22.6 Å². The van der Waals surface area contributed by atoms with Crippen molar-refractivity contribution in [3.63, 3.8) is 0 Å². The normalized spacial score (nSPS) is 15.6. The van der Waals surface area contributed by atoms with Crippen LogP contribution < -0.4 is 10.2 Å². The van der Waals surface area contributed by atoms with Crippen LogP contribution in [0, 0.1) is 3.57 Å². The quantitative estimate of drug-likeness (QED) is 0.800. The third-order valence-electron chi connectivity index (χ3n) is 3.08. The molecule has 6 heteroatoms. The lowest BCUT2D eigenvalue weighted by molar-refractivity contribution is 0.122. The van der Waals surface area contributed by atoms with Gasteiger partial charge < -0.3 is 15.0 Å². The van der Waals surface area contributed by atoms with Crippen molar-refractivity contribution in [3.05, 3.63) is 9.26 Å². The van der Waals surface area contributed by atoms with E-state index in [1.165, 1.54) is 0 Å². The van der Waals surface area contributed by atoms with Crippen LogP contribution in [0.4, 0.5) is 11.8 Å². The Morgan fingerprint density at radius 1 is 1.26 bits per heavy atom. The summed E-state index contributed by atoms with van der Waals surface area (Å²) in [5, 5.41) is 3.40. The van der Waals surface area contributed by atoms with Gasteiger partial charge in [-0.25, -0.2) is 4.98 Å². The first-order valence-corrected chi connectivity index (χ1v) is 7.97. The van der Waals surface area contributed by atoms with Gasteiger partial charge in [-0.3, -0.25) is 0 Å². The summed E-state index contributed by atoms with van der Waals surface area (Å²) in [4.78, 5) is 11.6. The standard InChI is InChI=1S/C13H21IN4O/c1-3-5-15-12-11(14)10(4-2)16-13(17-12)18-6-8-19-9-7-18/h3-9H2,1-2H3,(H,15,16,17). The van der Waals surface area contributed by atoms with Crippen LogP contribution in [-0.4, -0.2) is 42.8 Å². The minimum absolute atomic E-state index is 0.758. The highest BCUT2D eigenvalue weighted by atomic mass is 127. The lowest BCUT2D eigenvalue weighted by Gasteiger charge is -2.27. The second-order valence-corrected chi connectivity index (χ2v) is 5.59. The van der Waals surface area contributed by atoms with Gasteiger partial charge in [0.05, 0.1) is 22.5 Å². The Morgan fingerprint density at radius 2 is 2.00 bits per heavy atom. The maximum Gasteiger partial charge on any atom is 0.227 e. The molecular formula is C13H21IN4O.